The van der Waals surface area contributed by atoms with Crippen LogP contribution in [0.4, 0.5) is 5.82 Å². The van der Waals surface area contributed by atoms with Gasteiger partial charge in [-0.05, 0) is 32.1 Å². The molecule has 0 fully saturated rings. The first-order valence-corrected chi connectivity index (χ1v) is 4.60. The van der Waals surface area contributed by atoms with Crippen molar-refractivity contribution < 1.29 is 0 Å². The molecule has 0 atom stereocenters. The summed E-state index contributed by atoms with van der Waals surface area (Å²) in [4.78, 5) is 3.95. The Kier molecular flexibility index (Phi) is 6.92. The maximum atomic E-state index is 5.35. The zero-order valence-corrected chi connectivity index (χ0v) is 8.67. The van der Waals surface area contributed by atoms with Crippen molar-refractivity contribution >= 4 is 5.82 Å². The van der Waals surface area contributed by atoms with Crippen LogP contribution in [0.2, 0.25) is 0 Å². The van der Waals surface area contributed by atoms with Crippen LogP contribution < -0.4 is 11.1 Å². The highest BCUT2D eigenvalue weighted by atomic mass is 14.8. The highest BCUT2D eigenvalue weighted by Crippen LogP contribution is 1.96. The van der Waals surface area contributed by atoms with Gasteiger partial charge >= 0.3 is 0 Å². The topological polar surface area (TPSA) is 50.9 Å². The average molecular weight is 181 g/mol. The Balaban J connectivity index is 0.000000252. The van der Waals surface area contributed by atoms with Crippen LogP contribution >= 0.6 is 0 Å². The Morgan fingerprint density at radius 3 is 2.15 bits per heavy atom. The summed E-state index contributed by atoms with van der Waals surface area (Å²) in [6.45, 7) is 8.30. The third kappa shape index (κ3) is 7.28. The van der Waals surface area contributed by atoms with Crippen LogP contribution in [0.25, 0.3) is 0 Å². The van der Waals surface area contributed by atoms with Crippen molar-refractivity contribution in [3.05, 3.63) is 23.9 Å². The minimum atomic E-state index is 0.588. The van der Waals surface area contributed by atoms with Gasteiger partial charge in [-0.3, -0.25) is 0 Å². The van der Waals surface area contributed by atoms with Gasteiger partial charge in [-0.1, -0.05) is 19.9 Å². The summed E-state index contributed by atoms with van der Waals surface area (Å²) in [6.07, 6.45) is 0. The number of nitrogens with zero attached hydrogens (tertiary/aromatic N) is 1. The fraction of sp³-hybridized carbons (Fsp3) is 0.500. The van der Waals surface area contributed by atoms with Crippen molar-refractivity contribution in [2.75, 3.05) is 18.8 Å². The first kappa shape index (κ1) is 11.9. The lowest BCUT2D eigenvalue weighted by Gasteiger charge is -1.90. The molecule has 13 heavy (non-hydrogen) atoms. The zero-order valence-electron chi connectivity index (χ0n) is 8.67. The molecule has 0 radical (unpaired) electrons. The molecular weight excluding hydrogens is 162 g/mol. The van der Waals surface area contributed by atoms with E-state index in [4.69, 9.17) is 5.73 Å². The Labute approximate surface area is 80.4 Å². The Bertz CT molecular complexity index is 204. The molecule has 0 aromatic carbocycles. The first-order valence-electron chi connectivity index (χ1n) is 4.60. The van der Waals surface area contributed by atoms with Crippen LogP contribution in [0.5, 0.6) is 0 Å². The average Bonchev–Trinajstić information content (AvgIpc) is 2.06. The van der Waals surface area contributed by atoms with E-state index in [1.807, 2.05) is 19.1 Å². The maximum absolute atomic E-state index is 5.35. The van der Waals surface area contributed by atoms with Crippen molar-refractivity contribution in [3.63, 3.8) is 0 Å². The zero-order chi connectivity index (χ0) is 10.1. The van der Waals surface area contributed by atoms with Gasteiger partial charge in [0.05, 0.1) is 0 Å². The number of aryl methyl sites for hydroxylation is 1. The second kappa shape index (κ2) is 7.55. The molecule has 0 amide bonds. The van der Waals surface area contributed by atoms with Gasteiger partial charge in [0.15, 0.2) is 0 Å². The molecule has 0 aliphatic carbocycles. The third-order valence-electron chi connectivity index (χ3n) is 1.41. The highest BCUT2D eigenvalue weighted by Gasteiger charge is 1.82. The van der Waals surface area contributed by atoms with Crippen molar-refractivity contribution in [1.82, 2.24) is 10.3 Å². The molecule has 0 aliphatic heterocycles. The van der Waals surface area contributed by atoms with Crippen LogP contribution in [-0.2, 0) is 0 Å². The SMILES string of the molecule is CCNCC.Cc1cccc(N)n1. The number of nitrogens with one attached hydrogen (secondary N) is 1. The molecule has 0 spiro atoms. The minimum Gasteiger partial charge on any atom is -0.384 e. The predicted molar refractivity (Wildman–Crippen MR) is 57.6 cm³/mol. The molecular formula is C10H19N3. The van der Waals surface area contributed by atoms with Crippen LogP contribution in [0.3, 0.4) is 0 Å². The summed E-state index contributed by atoms with van der Waals surface area (Å²) < 4.78 is 0. The Morgan fingerprint density at radius 1 is 1.31 bits per heavy atom. The number of nitrogen functional groups attached to an aromatic ring is 1. The van der Waals surface area contributed by atoms with Crippen LogP contribution in [-0.4, -0.2) is 18.1 Å². The molecule has 3 nitrogen and oxygen atoms in total. The molecule has 3 heteroatoms. The number of rotatable bonds is 2. The summed E-state index contributed by atoms with van der Waals surface area (Å²) in [6, 6.07) is 5.57. The molecule has 0 bridgehead atoms. The normalized spacial score (nSPS) is 8.85. The van der Waals surface area contributed by atoms with Gasteiger partial charge in [0.2, 0.25) is 0 Å². The van der Waals surface area contributed by atoms with E-state index in [-0.39, 0.29) is 0 Å². The Hall–Kier alpha value is -1.09. The monoisotopic (exact) mass is 181 g/mol. The largest absolute Gasteiger partial charge is 0.384 e. The number of pyridine rings is 1. The van der Waals surface area contributed by atoms with Crippen molar-refractivity contribution in [2.45, 2.75) is 20.8 Å². The van der Waals surface area contributed by atoms with Gasteiger partial charge in [-0.2, -0.15) is 0 Å². The van der Waals surface area contributed by atoms with E-state index < -0.39 is 0 Å². The number of nitrogens with two attached hydrogens (primary N) is 1. The first-order chi connectivity index (χ1) is 6.20. The summed E-state index contributed by atoms with van der Waals surface area (Å²) in [5.74, 6) is 0.588. The van der Waals surface area contributed by atoms with Gasteiger partial charge in [0, 0.05) is 5.69 Å². The quantitative estimate of drug-likeness (QED) is 0.728. The van der Waals surface area contributed by atoms with Gasteiger partial charge in [0.1, 0.15) is 5.82 Å². The number of hydrogen-bond donors (Lipinski definition) is 2. The molecule has 0 saturated carbocycles. The molecule has 1 aromatic rings. The van der Waals surface area contributed by atoms with E-state index in [9.17, 15) is 0 Å². The lowest BCUT2D eigenvalue weighted by molar-refractivity contribution is 0.762. The highest BCUT2D eigenvalue weighted by molar-refractivity contribution is 5.28. The molecule has 1 rings (SSSR count). The van der Waals surface area contributed by atoms with Gasteiger partial charge < -0.3 is 11.1 Å². The van der Waals surface area contributed by atoms with E-state index >= 15 is 0 Å². The third-order valence-corrected chi connectivity index (χ3v) is 1.41. The minimum absolute atomic E-state index is 0.588. The predicted octanol–water partition coefficient (Wildman–Crippen LogP) is 1.59. The van der Waals surface area contributed by atoms with E-state index in [1.54, 1.807) is 6.07 Å². The maximum Gasteiger partial charge on any atom is 0.123 e. The Morgan fingerprint density at radius 2 is 1.92 bits per heavy atom. The van der Waals surface area contributed by atoms with E-state index in [0.29, 0.717) is 5.82 Å². The molecule has 0 saturated heterocycles. The van der Waals surface area contributed by atoms with E-state index in [0.717, 1.165) is 18.8 Å². The molecule has 74 valence electrons. The molecule has 0 unspecified atom stereocenters. The van der Waals surface area contributed by atoms with Crippen LogP contribution in [0.1, 0.15) is 19.5 Å². The van der Waals surface area contributed by atoms with E-state index in [2.05, 4.69) is 24.1 Å². The molecule has 1 heterocycles. The number of hydrogen-bond acceptors (Lipinski definition) is 3. The fourth-order valence-electron chi connectivity index (χ4n) is 0.814. The van der Waals surface area contributed by atoms with Gasteiger partial charge in [-0.25, -0.2) is 4.98 Å². The lowest BCUT2D eigenvalue weighted by atomic mass is 10.4. The molecule has 1 aromatic heterocycles. The second-order valence-electron chi connectivity index (χ2n) is 2.66. The summed E-state index contributed by atoms with van der Waals surface area (Å²) in [5, 5.41) is 3.11. The smallest absolute Gasteiger partial charge is 0.123 e. The van der Waals surface area contributed by atoms with E-state index in [1.165, 1.54) is 0 Å². The van der Waals surface area contributed by atoms with Crippen molar-refractivity contribution in [2.24, 2.45) is 0 Å². The van der Waals surface area contributed by atoms with Gasteiger partial charge in [-0.15, -0.1) is 0 Å². The van der Waals surface area contributed by atoms with Crippen molar-refractivity contribution in [3.8, 4) is 0 Å². The fourth-order valence-corrected chi connectivity index (χ4v) is 0.814. The van der Waals surface area contributed by atoms with Crippen LogP contribution in [0.15, 0.2) is 18.2 Å². The molecule has 3 N–H and O–H groups in total. The van der Waals surface area contributed by atoms with Crippen LogP contribution in [0, 0.1) is 6.92 Å². The van der Waals surface area contributed by atoms with Crippen molar-refractivity contribution in [1.29, 1.82) is 0 Å². The summed E-state index contributed by atoms with van der Waals surface area (Å²) in [5.41, 5.74) is 6.31. The second-order valence-corrected chi connectivity index (χ2v) is 2.66. The summed E-state index contributed by atoms with van der Waals surface area (Å²) in [7, 11) is 0. The van der Waals surface area contributed by atoms with Gasteiger partial charge in [0.25, 0.3) is 0 Å². The standard InChI is InChI=1S/C6H8N2.C4H11N/c1-5-3-2-4-6(7)8-5;1-3-5-4-2/h2-4H,1H3,(H2,7,8);5H,3-4H2,1-2H3. The summed E-state index contributed by atoms with van der Waals surface area (Å²) >= 11 is 0. The molecule has 0 aliphatic rings. The lowest BCUT2D eigenvalue weighted by Crippen LogP contribution is -2.09. The number of anilines is 1. The number of aromatic nitrogens is 1.